The second-order valence-electron chi connectivity index (χ2n) is 8.67. The first-order valence-corrected chi connectivity index (χ1v) is 12.0. The molecule has 0 aliphatic carbocycles. The van der Waals surface area contributed by atoms with Crippen LogP contribution in [0.5, 0.6) is 11.5 Å². The number of para-hydroxylation sites is 2. The summed E-state index contributed by atoms with van der Waals surface area (Å²) >= 11 is 0. The number of hydrazone groups is 1. The highest BCUT2D eigenvalue weighted by atomic mass is 16.5. The largest absolute Gasteiger partial charge is 0.457 e. The van der Waals surface area contributed by atoms with E-state index < -0.39 is 0 Å². The minimum atomic E-state index is 0.728. The molecule has 37 heavy (non-hydrogen) atoms. The molecule has 4 aromatic carbocycles. The Morgan fingerprint density at radius 1 is 0.622 bits per heavy atom. The molecule has 7 rings (SSSR count). The van der Waals surface area contributed by atoms with Crippen molar-refractivity contribution in [1.82, 2.24) is 15.1 Å². The van der Waals surface area contributed by atoms with Gasteiger partial charge in [-0.05, 0) is 54.6 Å². The summed E-state index contributed by atoms with van der Waals surface area (Å²) in [6, 6.07) is 38.4. The summed E-state index contributed by atoms with van der Waals surface area (Å²) in [5.74, 6) is 2.35. The van der Waals surface area contributed by atoms with Gasteiger partial charge in [-0.25, -0.2) is 9.99 Å². The average Bonchev–Trinajstić information content (AvgIpc) is 3.58. The third kappa shape index (κ3) is 3.84. The van der Waals surface area contributed by atoms with Crippen LogP contribution in [-0.4, -0.2) is 15.9 Å². The Bertz CT molecular complexity index is 1750. The number of nitrogens with one attached hydrogen (secondary N) is 1. The van der Waals surface area contributed by atoms with Gasteiger partial charge in [-0.1, -0.05) is 48.5 Å². The van der Waals surface area contributed by atoms with E-state index in [1.54, 1.807) is 11.5 Å². The van der Waals surface area contributed by atoms with Crippen molar-refractivity contribution in [3.63, 3.8) is 0 Å². The molecule has 3 heterocycles. The maximum absolute atomic E-state index is 6.34. The number of hydrazine groups is 2. The molecule has 7 nitrogen and oxygen atoms in total. The highest BCUT2D eigenvalue weighted by molar-refractivity contribution is 6.09. The van der Waals surface area contributed by atoms with Gasteiger partial charge in [0.05, 0.1) is 22.4 Å². The van der Waals surface area contributed by atoms with Crippen LogP contribution in [0.15, 0.2) is 127 Å². The molecule has 2 aromatic heterocycles. The van der Waals surface area contributed by atoms with Crippen molar-refractivity contribution in [2.75, 3.05) is 10.1 Å². The number of nitrogens with zero attached hydrogens (tertiary/aromatic N) is 5. The van der Waals surface area contributed by atoms with Crippen molar-refractivity contribution in [2.24, 2.45) is 5.10 Å². The zero-order chi connectivity index (χ0) is 24.6. The Balaban J connectivity index is 1.21. The van der Waals surface area contributed by atoms with E-state index in [1.165, 1.54) is 5.39 Å². The van der Waals surface area contributed by atoms with Crippen molar-refractivity contribution >= 4 is 39.5 Å². The molecule has 0 bridgehead atoms. The molecule has 0 unspecified atom stereocenters. The third-order valence-electron chi connectivity index (χ3n) is 6.34. The number of anilines is 2. The van der Waals surface area contributed by atoms with E-state index in [-0.39, 0.29) is 0 Å². The lowest BCUT2D eigenvalue weighted by molar-refractivity contribution is 0.483. The monoisotopic (exact) mass is 482 g/mol. The predicted octanol–water partition coefficient (Wildman–Crippen LogP) is 6.66. The lowest BCUT2D eigenvalue weighted by Gasteiger charge is -2.20. The molecule has 1 aliphatic heterocycles. The standard InChI is InChI=1S/C30H22N6O/c1-2-9-22(10-3-1)36-32-21-34(33-36)23-11-8-12-24(19-23)37-25-16-17-27-26-13-4-5-14-28(26)35(29(27)20-25)30-15-6-7-18-31-30/h1-21,33H. The van der Waals surface area contributed by atoms with Crippen LogP contribution in [-0.2, 0) is 0 Å². The van der Waals surface area contributed by atoms with Crippen LogP contribution < -0.4 is 20.4 Å². The molecule has 6 aromatic rings. The summed E-state index contributed by atoms with van der Waals surface area (Å²) in [6.45, 7) is 0. The Kier molecular flexibility index (Phi) is 5.04. The number of aromatic nitrogens is 2. The zero-order valence-electron chi connectivity index (χ0n) is 19.8. The van der Waals surface area contributed by atoms with Gasteiger partial charge in [-0.2, -0.15) is 5.12 Å². The second-order valence-corrected chi connectivity index (χ2v) is 8.67. The Morgan fingerprint density at radius 3 is 2.30 bits per heavy atom. The van der Waals surface area contributed by atoms with Crippen molar-refractivity contribution in [2.45, 2.75) is 0 Å². The van der Waals surface area contributed by atoms with Gasteiger partial charge < -0.3 is 4.74 Å². The summed E-state index contributed by atoms with van der Waals surface area (Å²) in [5, 5.41) is 10.3. The highest BCUT2D eigenvalue weighted by Crippen LogP contribution is 2.35. The maximum Gasteiger partial charge on any atom is 0.137 e. The minimum absolute atomic E-state index is 0.728. The van der Waals surface area contributed by atoms with E-state index in [2.05, 4.69) is 56.6 Å². The Morgan fingerprint density at radius 2 is 1.41 bits per heavy atom. The fourth-order valence-corrected chi connectivity index (χ4v) is 4.65. The van der Waals surface area contributed by atoms with Crippen LogP contribution in [0.25, 0.3) is 27.6 Å². The van der Waals surface area contributed by atoms with Gasteiger partial charge in [0.25, 0.3) is 0 Å². The molecule has 0 amide bonds. The van der Waals surface area contributed by atoms with Gasteiger partial charge in [0.15, 0.2) is 0 Å². The molecule has 1 aliphatic rings. The molecule has 0 fully saturated rings. The molecule has 0 saturated heterocycles. The first-order valence-electron chi connectivity index (χ1n) is 12.0. The fourth-order valence-electron chi connectivity index (χ4n) is 4.65. The number of ether oxygens (including phenoxy) is 1. The number of fused-ring (bicyclic) bond motifs is 3. The predicted molar refractivity (Wildman–Crippen MR) is 148 cm³/mol. The lowest BCUT2D eigenvalue weighted by Crippen LogP contribution is -2.40. The number of benzene rings is 4. The van der Waals surface area contributed by atoms with Gasteiger partial charge in [0, 0.05) is 29.1 Å². The molecular formula is C30H22N6O. The topological polar surface area (TPSA) is 57.9 Å². The Labute approximate surface area is 213 Å². The van der Waals surface area contributed by atoms with Crippen LogP contribution in [0.4, 0.5) is 11.4 Å². The normalized spacial score (nSPS) is 13.1. The summed E-state index contributed by atoms with van der Waals surface area (Å²) in [4.78, 5) is 4.61. The molecule has 0 atom stereocenters. The third-order valence-corrected chi connectivity index (χ3v) is 6.34. The number of hydrogen-bond acceptors (Lipinski definition) is 6. The minimum Gasteiger partial charge on any atom is -0.457 e. The Hall–Kier alpha value is -5.14. The van der Waals surface area contributed by atoms with Gasteiger partial charge in [-0.15, -0.1) is 10.6 Å². The van der Waals surface area contributed by atoms with Gasteiger partial charge in [0.2, 0.25) is 0 Å². The maximum atomic E-state index is 6.34. The molecule has 178 valence electrons. The summed E-state index contributed by atoms with van der Waals surface area (Å²) in [6.07, 6.45) is 3.56. The van der Waals surface area contributed by atoms with Crippen LogP contribution >= 0.6 is 0 Å². The number of rotatable bonds is 5. The van der Waals surface area contributed by atoms with Crippen molar-refractivity contribution in [3.05, 3.63) is 121 Å². The van der Waals surface area contributed by atoms with E-state index in [9.17, 15) is 0 Å². The SMILES string of the molecule is C1=NN(c2ccccc2)NN1c1cccc(Oc2ccc3c4ccccc4n(-c4ccccn4)c3c2)c1. The van der Waals surface area contributed by atoms with Crippen LogP contribution in [0.3, 0.4) is 0 Å². The smallest absolute Gasteiger partial charge is 0.137 e. The zero-order valence-corrected chi connectivity index (χ0v) is 19.8. The molecule has 0 spiro atoms. The summed E-state index contributed by atoms with van der Waals surface area (Å²) in [7, 11) is 0. The second kappa shape index (κ2) is 8.82. The van der Waals surface area contributed by atoms with E-state index in [0.717, 1.165) is 45.1 Å². The van der Waals surface area contributed by atoms with E-state index in [1.807, 2.05) is 90.1 Å². The summed E-state index contributed by atoms with van der Waals surface area (Å²) < 4.78 is 8.52. The van der Waals surface area contributed by atoms with Crippen molar-refractivity contribution < 1.29 is 4.74 Å². The average molecular weight is 483 g/mol. The lowest BCUT2D eigenvalue weighted by atomic mass is 10.1. The van der Waals surface area contributed by atoms with E-state index in [0.29, 0.717) is 0 Å². The van der Waals surface area contributed by atoms with Crippen LogP contribution in [0, 0.1) is 0 Å². The van der Waals surface area contributed by atoms with E-state index >= 15 is 0 Å². The first-order chi connectivity index (χ1) is 18.3. The van der Waals surface area contributed by atoms with Crippen molar-refractivity contribution in [3.8, 4) is 17.3 Å². The molecular weight excluding hydrogens is 460 g/mol. The quantitative estimate of drug-likeness (QED) is 0.298. The van der Waals surface area contributed by atoms with Crippen LogP contribution in [0.1, 0.15) is 0 Å². The van der Waals surface area contributed by atoms with Gasteiger partial charge in [0.1, 0.15) is 23.7 Å². The molecule has 1 N–H and O–H groups in total. The van der Waals surface area contributed by atoms with Gasteiger partial charge >= 0.3 is 0 Å². The highest BCUT2D eigenvalue weighted by Gasteiger charge is 2.17. The molecule has 0 radical (unpaired) electrons. The van der Waals surface area contributed by atoms with E-state index in [4.69, 9.17) is 4.74 Å². The number of pyridine rings is 1. The first kappa shape index (κ1) is 21.2. The van der Waals surface area contributed by atoms with Crippen molar-refractivity contribution in [1.29, 1.82) is 0 Å². The molecule has 0 saturated carbocycles. The molecule has 7 heteroatoms. The fraction of sp³-hybridized carbons (Fsp3) is 0. The van der Waals surface area contributed by atoms with Crippen LogP contribution in [0.2, 0.25) is 0 Å². The number of hydrogen-bond donors (Lipinski definition) is 1. The van der Waals surface area contributed by atoms with Gasteiger partial charge in [-0.3, -0.25) is 4.57 Å². The summed E-state index contributed by atoms with van der Waals surface area (Å²) in [5.41, 5.74) is 7.26.